The lowest BCUT2D eigenvalue weighted by molar-refractivity contribution is 0.0931. The fourth-order valence-electron chi connectivity index (χ4n) is 1.96. The van der Waals surface area contributed by atoms with Gasteiger partial charge in [-0.3, -0.25) is 4.79 Å². The molecule has 112 valence electrons. The van der Waals surface area contributed by atoms with E-state index in [0.29, 0.717) is 30.2 Å². The molecular formula is C15H24N2O3. The number of rotatable bonds is 7. The lowest BCUT2D eigenvalue weighted by atomic mass is 9.89. The summed E-state index contributed by atoms with van der Waals surface area (Å²) >= 11 is 0. The first-order valence-corrected chi connectivity index (χ1v) is 6.64. The number of nitrogens with one attached hydrogen (secondary N) is 1. The number of methoxy groups -OCH3 is 2. The molecular weight excluding hydrogens is 256 g/mol. The van der Waals surface area contributed by atoms with Crippen molar-refractivity contribution in [3.05, 3.63) is 23.8 Å². The Morgan fingerprint density at radius 2 is 2.00 bits per heavy atom. The van der Waals surface area contributed by atoms with Gasteiger partial charge in [-0.2, -0.15) is 0 Å². The van der Waals surface area contributed by atoms with E-state index in [1.54, 1.807) is 25.3 Å². The van der Waals surface area contributed by atoms with Gasteiger partial charge in [-0.1, -0.05) is 19.9 Å². The van der Waals surface area contributed by atoms with Gasteiger partial charge in [-0.05, 0) is 30.5 Å². The molecule has 0 aliphatic carbocycles. The van der Waals surface area contributed by atoms with E-state index in [4.69, 9.17) is 15.2 Å². The molecule has 5 nitrogen and oxygen atoms in total. The molecule has 0 aliphatic heterocycles. The molecule has 1 aromatic carbocycles. The predicted molar refractivity (Wildman–Crippen MR) is 79.3 cm³/mol. The van der Waals surface area contributed by atoms with Gasteiger partial charge in [0, 0.05) is 6.54 Å². The highest BCUT2D eigenvalue weighted by Crippen LogP contribution is 2.30. The number of amides is 1. The maximum Gasteiger partial charge on any atom is 0.255 e. The van der Waals surface area contributed by atoms with Crippen LogP contribution >= 0.6 is 0 Å². The first-order chi connectivity index (χ1) is 9.45. The highest BCUT2D eigenvalue weighted by Gasteiger charge is 2.21. The van der Waals surface area contributed by atoms with E-state index in [0.717, 1.165) is 6.42 Å². The summed E-state index contributed by atoms with van der Waals surface area (Å²) in [5.41, 5.74) is 6.00. The van der Waals surface area contributed by atoms with E-state index in [9.17, 15) is 4.79 Å². The summed E-state index contributed by atoms with van der Waals surface area (Å²) in [4.78, 5) is 12.3. The molecule has 5 heteroatoms. The van der Waals surface area contributed by atoms with Crippen molar-refractivity contribution in [1.29, 1.82) is 0 Å². The second-order valence-electron chi connectivity index (χ2n) is 5.43. The molecule has 3 N–H and O–H groups in total. The molecule has 0 saturated heterocycles. The van der Waals surface area contributed by atoms with Crippen molar-refractivity contribution in [2.24, 2.45) is 11.1 Å². The van der Waals surface area contributed by atoms with Crippen LogP contribution in [-0.4, -0.2) is 33.2 Å². The Morgan fingerprint density at radius 3 is 2.55 bits per heavy atom. The van der Waals surface area contributed by atoms with Crippen LogP contribution in [0, 0.1) is 5.41 Å². The number of nitrogens with two attached hydrogens (primary N) is 1. The molecule has 0 fully saturated rings. The highest BCUT2D eigenvalue weighted by molar-refractivity contribution is 5.97. The average Bonchev–Trinajstić information content (AvgIpc) is 2.43. The molecule has 0 heterocycles. The molecule has 1 aromatic rings. The van der Waals surface area contributed by atoms with E-state index >= 15 is 0 Å². The van der Waals surface area contributed by atoms with Gasteiger partial charge in [0.05, 0.1) is 19.8 Å². The Hall–Kier alpha value is -1.75. The number of hydrogen-bond donors (Lipinski definition) is 2. The highest BCUT2D eigenvalue weighted by atomic mass is 16.5. The SMILES string of the molecule is COc1cccc(C(=O)NCC(C)(C)CCN)c1OC. The zero-order valence-electron chi connectivity index (χ0n) is 12.7. The minimum absolute atomic E-state index is 0.0312. The molecule has 0 bridgehead atoms. The van der Waals surface area contributed by atoms with Crippen LogP contribution < -0.4 is 20.5 Å². The summed E-state index contributed by atoms with van der Waals surface area (Å²) in [5, 5.41) is 2.92. The van der Waals surface area contributed by atoms with Gasteiger partial charge >= 0.3 is 0 Å². The lowest BCUT2D eigenvalue weighted by Crippen LogP contribution is -2.35. The molecule has 0 atom stereocenters. The maximum atomic E-state index is 12.3. The first kappa shape index (κ1) is 16.3. The van der Waals surface area contributed by atoms with E-state index in [2.05, 4.69) is 19.2 Å². The monoisotopic (exact) mass is 280 g/mol. The number of para-hydroxylation sites is 1. The molecule has 0 unspecified atom stereocenters. The summed E-state index contributed by atoms with van der Waals surface area (Å²) < 4.78 is 10.5. The number of ether oxygens (including phenoxy) is 2. The number of carbonyl (C=O) groups excluding carboxylic acids is 1. The fourth-order valence-corrected chi connectivity index (χ4v) is 1.96. The van der Waals surface area contributed by atoms with Crippen molar-refractivity contribution < 1.29 is 14.3 Å². The van der Waals surface area contributed by atoms with Crippen LogP contribution in [0.3, 0.4) is 0 Å². The Kier molecular flexibility index (Phi) is 5.82. The van der Waals surface area contributed by atoms with Crippen LogP contribution in [0.15, 0.2) is 18.2 Å². The number of benzene rings is 1. The first-order valence-electron chi connectivity index (χ1n) is 6.64. The van der Waals surface area contributed by atoms with E-state index in [1.165, 1.54) is 7.11 Å². The normalized spacial score (nSPS) is 11.1. The molecule has 0 saturated carbocycles. The molecule has 1 rings (SSSR count). The Balaban J connectivity index is 2.83. The van der Waals surface area contributed by atoms with Gasteiger partial charge in [0.1, 0.15) is 0 Å². The van der Waals surface area contributed by atoms with Crippen molar-refractivity contribution in [1.82, 2.24) is 5.32 Å². The second kappa shape index (κ2) is 7.14. The van der Waals surface area contributed by atoms with Crippen molar-refractivity contribution in [3.63, 3.8) is 0 Å². The third kappa shape index (κ3) is 4.13. The summed E-state index contributed by atoms with van der Waals surface area (Å²) in [6.45, 7) is 5.31. The third-order valence-corrected chi connectivity index (χ3v) is 3.20. The standard InChI is InChI=1S/C15H24N2O3/c1-15(2,8-9-16)10-17-14(18)11-6-5-7-12(19-3)13(11)20-4/h5-7H,8-10,16H2,1-4H3,(H,17,18). The van der Waals surface area contributed by atoms with E-state index in [1.807, 2.05) is 0 Å². The van der Waals surface area contributed by atoms with Gasteiger partial charge in [0.25, 0.3) is 5.91 Å². The van der Waals surface area contributed by atoms with Crippen molar-refractivity contribution in [2.75, 3.05) is 27.3 Å². The van der Waals surface area contributed by atoms with E-state index in [-0.39, 0.29) is 11.3 Å². The molecule has 0 aromatic heterocycles. The summed E-state index contributed by atoms with van der Waals surface area (Å²) in [7, 11) is 3.07. The summed E-state index contributed by atoms with van der Waals surface area (Å²) in [5.74, 6) is 0.816. The van der Waals surface area contributed by atoms with Crippen molar-refractivity contribution >= 4 is 5.91 Å². The topological polar surface area (TPSA) is 73.6 Å². The lowest BCUT2D eigenvalue weighted by Gasteiger charge is -2.24. The minimum Gasteiger partial charge on any atom is -0.493 e. The third-order valence-electron chi connectivity index (χ3n) is 3.20. The number of hydrogen-bond acceptors (Lipinski definition) is 4. The van der Waals surface area contributed by atoms with Crippen LogP contribution in [0.25, 0.3) is 0 Å². The van der Waals surface area contributed by atoms with Crippen LogP contribution in [0.4, 0.5) is 0 Å². The van der Waals surface area contributed by atoms with Crippen molar-refractivity contribution in [2.45, 2.75) is 20.3 Å². The van der Waals surface area contributed by atoms with Crippen LogP contribution in [-0.2, 0) is 0 Å². The fraction of sp³-hybridized carbons (Fsp3) is 0.533. The Morgan fingerprint density at radius 1 is 1.30 bits per heavy atom. The largest absolute Gasteiger partial charge is 0.493 e. The molecule has 0 radical (unpaired) electrons. The van der Waals surface area contributed by atoms with Gasteiger partial charge in [0.2, 0.25) is 0 Å². The van der Waals surface area contributed by atoms with Crippen LogP contribution in [0.5, 0.6) is 11.5 Å². The van der Waals surface area contributed by atoms with Gasteiger partial charge in [-0.15, -0.1) is 0 Å². The van der Waals surface area contributed by atoms with Crippen molar-refractivity contribution in [3.8, 4) is 11.5 Å². The Labute approximate surface area is 120 Å². The quantitative estimate of drug-likeness (QED) is 0.799. The maximum absolute atomic E-state index is 12.3. The van der Waals surface area contributed by atoms with E-state index < -0.39 is 0 Å². The minimum atomic E-state index is -0.175. The zero-order chi connectivity index (χ0) is 15.2. The predicted octanol–water partition coefficient (Wildman–Crippen LogP) is 1.81. The average molecular weight is 280 g/mol. The smallest absolute Gasteiger partial charge is 0.255 e. The van der Waals surface area contributed by atoms with Crippen LogP contribution in [0.2, 0.25) is 0 Å². The van der Waals surface area contributed by atoms with Gasteiger partial charge in [0.15, 0.2) is 11.5 Å². The summed E-state index contributed by atoms with van der Waals surface area (Å²) in [6.07, 6.45) is 0.850. The molecule has 0 aliphatic rings. The number of carbonyl (C=O) groups is 1. The van der Waals surface area contributed by atoms with Gasteiger partial charge < -0.3 is 20.5 Å². The van der Waals surface area contributed by atoms with Gasteiger partial charge in [-0.25, -0.2) is 0 Å². The zero-order valence-corrected chi connectivity index (χ0v) is 12.7. The second-order valence-corrected chi connectivity index (χ2v) is 5.43. The molecule has 0 spiro atoms. The summed E-state index contributed by atoms with van der Waals surface area (Å²) in [6, 6.07) is 5.24. The Bertz CT molecular complexity index is 458. The molecule has 20 heavy (non-hydrogen) atoms. The molecule has 1 amide bonds. The van der Waals surface area contributed by atoms with Crippen LogP contribution in [0.1, 0.15) is 30.6 Å².